The first-order valence-electron chi connectivity index (χ1n) is 6.69. The van der Waals surface area contributed by atoms with Gasteiger partial charge in [0.15, 0.2) is 0 Å². The lowest BCUT2D eigenvalue weighted by atomic mass is 10.1. The summed E-state index contributed by atoms with van der Waals surface area (Å²) < 4.78 is 5.41. The van der Waals surface area contributed by atoms with Gasteiger partial charge in [-0.25, -0.2) is 0 Å². The van der Waals surface area contributed by atoms with Gasteiger partial charge in [-0.3, -0.25) is 4.79 Å². The molecule has 0 bridgehead atoms. The molecule has 1 N–H and O–H groups in total. The number of carbonyl (C=O) groups excluding carboxylic acids is 1. The molecule has 0 radical (unpaired) electrons. The molecule has 1 aromatic carbocycles. The molecule has 0 aliphatic rings. The van der Waals surface area contributed by atoms with Gasteiger partial charge in [0, 0.05) is 10.3 Å². The smallest absolute Gasteiger partial charge is 0.252 e. The molecule has 0 saturated carbocycles. The Balaban J connectivity index is 2.00. The Morgan fingerprint density at radius 3 is 2.60 bits per heavy atom. The first-order valence-corrected chi connectivity index (χ1v) is 7.57. The fourth-order valence-electron chi connectivity index (χ4n) is 1.95. The summed E-state index contributed by atoms with van der Waals surface area (Å²) in [4.78, 5) is 13.2. The molecule has 1 heterocycles. The zero-order valence-electron chi connectivity index (χ0n) is 12.0. The quantitative estimate of drug-likeness (QED) is 0.905. The van der Waals surface area contributed by atoms with Crippen LogP contribution in [0.1, 0.15) is 40.7 Å². The molecule has 1 aromatic heterocycles. The number of hydrogen-bond donors (Lipinski definition) is 1. The fourth-order valence-corrected chi connectivity index (χ4v) is 2.63. The van der Waals surface area contributed by atoms with Crippen molar-refractivity contribution in [1.82, 2.24) is 5.32 Å². The normalized spacial score (nSPS) is 11.9. The number of aryl methyl sites for hydroxylation is 1. The fraction of sp³-hybridized carbons (Fsp3) is 0.312. The number of benzene rings is 1. The second-order valence-corrected chi connectivity index (χ2v) is 5.76. The van der Waals surface area contributed by atoms with E-state index >= 15 is 0 Å². The third-order valence-electron chi connectivity index (χ3n) is 3.03. The van der Waals surface area contributed by atoms with E-state index in [0.717, 1.165) is 21.8 Å². The lowest BCUT2D eigenvalue weighted by Crippen LogP contribution is -2.26. The van der Waals surface area contributed by atoms with Gasteiger partial charge in [-0.15, -0.1) is 11.3 Å². The van der Waals surface area contributed by atoms with Crippen LogP contribution in [0.2, 0.25) is 0 Å². The lowest BCUT2D eigenvalue weighted by molar-refractivity contribution is 0.0940. The number of nitrogens with one attached hydrogen (secondary N) is 1. The summed E-state index contributed by atoms with van der Waals surface area (Å²) in [6, 6.07) is 9.69. The number of carbonyl (C=O) groups is 1. The summed E-state index contributed by atoms with van der Waals surface area (Å²) in [5.74, 6) is 0.818. The molecule has 2 aromatic rings. The van der Waals surface area contributed by atoms with Crippen molar-refractivity contribution >= 4 is 17.2 Å². The molecule has 0 spiro atoms. The number of amides is 1. The predicted molar refractivity (Wildman–Crippen MR) is 82.5 cm³/mol. The average molecular weight is 289 g/mol. The first-order chi connectivity index (χ1) is 9.60. The third kappa shape index (κ3) is 3.61. The Bertz CT molecular complexity index is 574. The standard InChI is InChI=1S/C16H19NO2S/c1-4-19-15-7-5-13(6-8-15)12(3)17-16(18)14-9-11(2)20-10-14/h5-10,12H,4H2,1-3H3,(H,17,18)/t12-/m1/s1. The molecule has 1 amide bonds. The minimum atomic E-state index is -0.0317. The van der Waals surface area contributed by atoms with E-state index in [9.17, 15) is 4.79 Å². The average Bonchev–Trinajstić information content (AvgIpc) is 2.86. The molecule has 0 aliphatic heterocycles. The Hall–Kier alpha value is -1.81. The molecule has 106 valence electrons. The second kappa shape index (κ2) is 6.57. The molecule has 1 atom stereocenters. The summed E-state index contributed by atoms with van der Waals surface area (Å²) in [5, 5.41) is 4.89. The first kappa shape index (κ1) is 14.6. The highest BCUT2D eigenvalue weighted by atomic mass is 32.1. The lowest BCUT2D eigenvalue weighted by Gasteiger charge is -2.14. The Morgan fingerprint density at radius 1 is 1.35 bits per heavy atom. The molecule has 4 heteroatoms. The van der Waals surface area contributed by atoms with Crippen LogP contribution in [-0.2, 0) is 0 Å². The van der Waals surface area contributed by atoms with Crippen LogP contribution in [0.25, 0.3) is 0 Å². The Labute approximate surface area is 123 Å². The van der Waals surface area contributed by atoms with Crippen LogP contribution in [0.15, 0.2) is 35.7 Å². The number of hydrogen-bond acceptors (Lipinski definition) is 3. The summed E-state index contributed by atoms with van der Waals surface area (Å²) in [7, 11) is 0. The highest BCUT2D eigenvalue weighted by molar-refractivity contribution is 7.10. The molecule has 0 unspecified atom stereocenters. The highest BCUT2D eigenvalue weighted by Crippen LogP contribution is 2.19. The van der Waals surface area contributed by atoms with Crippen LogP contribution < -0.4 is 10.1 Å². The van der Waals surface area contributed by atoms with E-state index in [1.54, 1.807) is 11.3 Å². The summed E-state index contributed by atoms with van der Waals surface area (Å²) in [5.41, 5.74) is 1.79. The van der Waals surface area contributed by atoms with Gasteiger partial charge in [0.05, 0.1) is 18.2 Å². The molecule has 0 aliphatic carbocycles. The van der Waals surface area contributed by atoms with Crippen LogP contribution in [0.3, 0.4) is 0 Å². The minimum absolute atomic E-state index is 0.0293. The van der Waals surface area contributed by atoms with E-state index in [0.29, 0.717) is 6.61 Å². The van der Waals surface area contributed by atoms with Crippen LogP contribution in [0.4, 0.5) is 0 Å². The van der Waals surface area contributed by atoms with Crippen molar-refractivity contribution in [3.05, 3.63) is 51.7 Å². The summed E-state index contributed by atoms with van der Waals surface area (Å²) >= 11 is 1.59. The zero-order valence-corrected chi connectivity index (χ0v) is 12.8. The number of thiophene rings is 1. The van der Waals surface area contributed by atoms with Gasteiger partial charge in [0.25, 0.3) is 5.91 Å². The summed E-state index contributed by atoms with van der Waals surface area (Å²) in [6.07, 6.45) is 0. The number of rotatable bonds is 5. The van der Waals surface area contributed by atoms with Gasteiger partial charge in [-0.1, -0.05) is 12.1 Å². The topological polar surface area (TPSA) is 38.3 Å². The van der Waals surface area contributed by atoms with Crippen molar-refractivity contribution in [1.29, 1.82) is 0 Å². The molecular weight excluding hydrogens is 270 g/mol. The minimum Gasteiger partial charge on any atom is -0.494 e. The number of ether oxygens (including phenoxy) is 1. The van der Waals surface area contributed by atoms with Gasteiger partial charge in [-0.05, 0) is 44.5 Å². The maximum absolute atomic E-state index is 12.1. The van der Waals surface area contributed by atoms with Crippen molar-refractivity contribution in [2.24, 2.45) is 0 Å². The summed E-state index contributed by atoms with van der Waals surface area (Å²) in [6.45, 7) is 6.59. The molecule has 3 nitrogen and oxygen atoms in total. The monoisotopic (exact) mass is 289 g/mol. The molecule has 2 rings (SSSR count). The van der Waals surface area contributed by atoms with Gasteiger partial charge in [-0.2, -0.15) is 0 Å². The van der Waals surface area contributed by atoms with Crippen molar-refractivity contribution in [3.8, 4) is 5.75 Å². The van der Waals surface area contributed by atoms with Crippen LogP contribution in [0.5, 0.6) is 5.75 Å². The Kier molecular flexibility index (Phi) is 4.79. The van der Waals surface area contributed by atoms with Crippen LogP contribution in [0, 0.1) is 6.92 Å². The highest BCUT2D eigenvalue weighted by Gasteiger charge is 2.12. The maximum Gasteiger partial charge on any atom is 0.252 e. The molecular formula is C16H19NO2S. The van der Waals surface area contributed by atoms with Gasteiger partial charge < -0.3 is 10.1 Å². The van der Waals surface area contributed by atoms with Crippen molar-refractivity contribution < 1.29 is 9.53 Å². The van der Waals surface area contributed by atoms with E-state index < -0.39 is 0 Å². The molecule has 0 fully saturated rings. The second-order valence-electron chi connectivity index (χ2n) is 4.64. The molecule has 20 heavy (non-hydrogen) atoms. The third-order valence-corrected chi connectivity index (χ3v) is 3.89. The largest absolute Gasteiger partial charge is 0.494 e. The van der Waals surface area contributed by atoms with E-state index in [2.05, 4.69) is 5.32 Å². The van der Waals surface area contributed by atoms with E-state index in [4.69, 9.17) is 4.74 Å². The zero-order chi connectivity index (χ0) is 14.5. The van der Waals surface area contributed by atoms with Gasteiger partial charge in [0.1, 0.15) is 5.75 Å². The van der Waals surface area contributed by atoms with Gasteiger partial charge >= 0.3 is 0 Å². The SMILES string of the molecule is CCOc1ccc([C@@H](C)NC(=O)c2csc(C)c2)cc1. The Morgan fingerprint density at radius 2 is 2.05 bits per heavy atom. The predicted octanol–water partition coefficient (Wildman–Crippen LogP) is 3.95. The van der Waals surface area contributed by atoms with E-state index in [-0.39, 0.29) is 11.9 Å². The van der Waals surface area contributed by atoms with Crippen molar-refractivity contribution in [2.75, 3.05) is 6.61 Å². The van der Waals surface area contributed by atoms with Crippen LogP contribution in [-0.4, -0.2) is 12.5 Å². The van der Waals surface area contributed by atoms with Gasteiger partial charge in [0.2, 0.25) is 0 Å². The maximum atomic E-state index is 12.1. The molecule has 0 saturated heterocycles. The van der Waals surface area contributed by atoms with E-state index in [1.165, 1.54) is 0 Å². The van der Waals surface area contributed by atoms with Crippen molar-refractivity contribution in [2.45, 2.75) is 26.8 Å². The van der Waals surface area contributed by atoms with E-state index in [1.807, 2.05) is 56.5 Å². The van der Waals surface area contributed by atoms with Crippen molar-refractivity contribution in [3.63, 3.8) is 0 Å². The van der Waals surface area contributed by atoms with Crippen LogP contribution >= 0.6 is 11.3 Å².